The van der Waals surface area contributed by atoms with E-state index in [1.54, 1.807) is 57.3 Å². The van der Waals surface area contributed by atoms with Crippen LogP contribution in [-0.2, 0) is 26.1 Å². The fourth-order valence-corrected chi connectivity index (χ4v) is 5.52. The van der Waals surface area contributed by atoms with Gasteiger partial charge in [0.05, 0.1) is 25.2 Å². The molecule has 2 amide bonds. The van der Waals surface area contributed by atoms with Crippen molar-refractivity contribution in [3.63, 3.8) is 0 Å². The van der Waals surface area contributed by atoms with Gasteiger partial charge in [-0.15, -0.1) is 0 Å². The molecular formula is C26H35N5O6S. The Morgan fingerprint density at radius 1 is 1.11 bits per heavy atom. The topological polar surface area (TPSA) is 130 Å². The number of methoxy groups -OCH3 is 1. The minimum atomic E-state index is -3.74. The molecule has 2 aromatic carbocycles. The van der Waals surface area contributed by atoms with Gasteiger partial charge in [0.1, 0.15) is 12.4 Å². The lowest BCUT2D eigenvalue weighted by atomic mass is 10.1. The predicted octanol–water partition coefficient (Wildman–Crippen LogP) is 1.30. The number of nitrogens with zero attached hydrogens (tertiary/aromatic N) is 3. The molecule has 2 aromatic rings. The van der Waals surface area contributed by atoms with E-state index in [2.05, 4.69) is 15.6 Å². The lowest BCUT2D eigenvalue weighted by Crippen LogP contribution is -2.38. The van der Waals surface area contributed by atoms with E-state index in [1.807, 2.05) is 0 Å². The number of ether oxygens (including phenoxy) is 2. The van der Waals surface area contributed by atoms with Crippen LogP contribution in [0.1, 0.15) is 27.0 Å². The Morgan fingerprint density at radius 2 is 1.76 bits per heavy atom. The molecule has 0 saturated heterocycles. The number of aryl methyl sites for hydroxylation is 2. The van der Waals surface area contributed by atoms with Gasteiger partial charge in [0, 0.05) is 39.3 Å². The van der Waals surface area contributed by atoms with Crippen molar-refractivity contribution < 1.29 is 27.5 Å². The molecule has 1 heterocycles. The summed E-state index contributed by atoms with van der Waals surface area (Å²) in [5.41, 5.74) is 2.53. The average Bonchev–Trinajstić information content (AvgIpc) is 3.39. The summed E-state index contributed by atoms with van der Waals surface area (Å²) >= 11 is 0. The number of hydrogen-bond donors (Lipinski definition) is 2. The van der Waals surface area contributed by atoms with Crippen LogP contribution in [0.15, 0.2) is 46.3 Å². The normalized spacial score (nSPS) is 13.2. The number of benzene rings is 2. The van der Waals surface area contributed by atoms with Crippen LogP contribution >= 0.6 is 0 Å². The molecule has 12 heteroatoms. The third kappa shape index (κ3) is 7.30. The van der Waals surface area contributed by atoms with Gasteiger partial charge in [0.25, 0.3) is 5.91 Å². The minimum Gasteiger partial charge on any atom is -0.497 e. The van der Waals surface area contributed by atoms with Crippen molar-refractivity contribution >= 4 is 27.8 Å². The summed E-state index contributed by atoms with van der Waals surface area (Å²) in [5, 5.41) is 5.69. The molecule has 0 unspecified atom stereocenters. The number of hydrogen-bond acceptors (Lipinski definition) is 8. The number of rotatable bonds is 11. The van der Waals surface area contributed by atoms with Gasteiger partial charge in [-0.2, -0.15) is 4.31 Å². The maximum atomic E-state index is 13.1. The fourth-order valence-electron chi connectivity index (χ4n) is 3.96. The van der Waals surface area contributed by atoms with Gasteiger partial charge >= 0.3 is 0 Å². The van der Waals surface area contributed by atoms with Crippen molar-refractivity contribution in [2.24, 2.45) is 4.99 Å². The van der Waals surface area contributed by atoms with E-state index in [0.717, 1.165) is 5.56 Å². The van der Waals surface area contributed by atoms with E-state index < -0.39 is 10.0 Å². The third-order valence-corrected chi connectivity index (χ3v) is 8.24. The number of amides is 2. The van der Waals surface area contributed by atoms with Crippen molar-refractivity contribution in [2.45, 2.75) is 25.3 Å². The molecule has 206 valence electrons. The smallest absolute Gasteiger partial charge is 0.257 e. The average molecular weight is 546 g/mol. The number of likely N-dealkylation sites (N-methyl/N-ethyl adjacent to an activating group) is 2. The zero-order valence-electron chi connectivity index (χ0n) is 22.4. The number of nitrogens with one attached hydrogen (secondary N) is 2. The second-order valence-corrected chi connectivity index (χ2v) is 11.0. The first-order valence-electron chi connectivity index (χ1n) is 12.1. The molecule has 0 bridgehead atoms. The molecule has 11 nitrogen and oxygen atoms in total. The lowest BCUT2D eigenvalue weighted by Gasteiger charge is -2.21. The summed E-state index contributed by atoms with van der Waals surface area (Å²) in [6.45, 7) is 5.11. The van der Waals surface area contributed by atoms with Crippen LogP contribution in [-0.4, -0.2) is 89.5 Å². The maximum Gasteiger partial charge on any atom is 0.257 e. The fraction of sp³-hybridized carbons (Fsp3) is 0.423. The van der Waals surface area contributed by atoms with Crippen molar-refractivity contribution in [1.29, 1.82) is 0 Å². The van der Waals surface area contributed by atoms with Crippen molar-refractivity contribution in [1.82, 2.24) is 19.8 Å². The standard InChI is InChI=1S/C26H35N5O6S/c1-18-14-22(36-5)15-19(2)24(18)38(34,35)31(4)12-13-37-17-23(32)30(3)16-20-6-8-21(9-7-20)25(33)29-26-27-10-11-28-26/h6-9,14-15H,10-13,16-17H2,1-5H3,(H2,27,28,29,33). The molecular weight excluding hydrogens is 510 g/mol. The molecule has 0 radical (unpaired) electrons. The van der Waals surface area contributed by atoms with Crippen molar-refractivity contribution in [3.8, 4) is 5.75 Å². The number of carbonyl (C=O) groups excluding carboxylic acids is 2. The molecule has 0 spiro atoms. The van der Waals surface area contributed by atoms with E-state index in [1.165, 1.54) is 23.4 Å². The molecule has 0 aliphatic carbocycles. The van der Waals surface area contributed by atoms with Gasteiger partial charge in [0.2, 0.25) is 15.9 Å². The number of guanidine groups is 1. The SMILES string of the molecule is COc1cc(C)c(S(=O)(=O)N(C)CCOCC(=O)N(C)Cc2ccc(C(=O)NC3=NCCN3)cc2)c(C)c1. The van der Waals surface area contributed by atoms with Crippen LogP contribution in [0, 0.1) is 13.8 Å². The van der Waals surface area contributed by atoms with Gasteiger partial charge in [-0.05, 0) is 54.8 Å². The maximum absolute atomic E-state index is 13.1. The highest BCUT2D eigenvalue weighted by atomic mass is 32.2. The van der Waals surface area contributed by atoms with Crippen LogP contribution in [0.5, 0.6) is 5.75 Å². The van der Waals surface area contributed by atoms with Crippen molar-refractivity contribution in [2.75, 3.05) is 54.1 Å². The summed E-state index contributed by atoms with van der Waals surface area (Å²) in [7, 11) is 0.938. The van der Waals surface area contributed by atoms with Crippen LogP contribution in [0.3, 0.4) is 0 Å². The zero-order valence-corrected chi connectivity index (χ0v) is 23.2. The van der Waals surface area contributed by atoms with Gasteiger partial charge in [-0.1, -0.05) is 12.1 Å². The second kappa shape index (κ2) is 12.9. The Bertz CT molecular complexity index is 1270. The summed E-state index contributed by atoms with van der Waals surface area (Å²) in [4.78, 5) is 30.7. The van der Waals surface area contributed by atoms with E-state index in [-0.39, 0.29) is 36.5 Å². The molecule has 0 aromatic heterocycles. The van der Waals surface area contributed by atoms with Gasteiger partial charge in [-0.25, -0.2) is 8.42 Å². The molecule has 0 saturated carbocycles. The summed E-state index contributed by atoms with van der Waals surface area (Å²) in [5.74, 6) is 0.566. The number of carbonyl (C=O) groups is 2. The Labute approximate surface area is 223 Å². The molecule has 1 aliphatic rings. The molecule has 3 rings (SSSR count). The van der Waals surface area contributed by atoms with Gasteiger partial charge in [0.15, 0.2) is 5.96 Å². The van der Waals surface area contributed by atoms with Crippen LogP contribution in [0.2, 0.25) is 0 Å². The van der Waals surface area contributed by atoms with Crippen LogP contribution in [0.25, 0.3) is 0 Å². The first-order chi connectivity index (χ1) is 18.0. The Hall–Kier alpha value is -3.48. The number of aliphatic imine (C=N–C) groups is 1. The monoisotopic (exact) mass is 545 g/mol. The van der Waals surface area contributed by atoms with Crippen LogP contribution < -0.4 is 15.4 Å². The Kier molecular flexibility index (Phi) is 9.84. The van der Waals surface area contributed by atoms with Gasteiger partial charge < -0.3 is 19.7 Å². The minimum absolute atomic E-state index is 0.0630. The summed E-state index contributed by atoms with van der Waals surface area (Å²) < 4.78 is 38.1. The highest BCUT2D eigenvalue weighted by Gasteiger charge is 2.25. The Balaban J connectivity index is 1.45. The molecule has 2 N–H and O–H groups in total. The first-order valence-corrected chi connectivity index (χ1v) is 13.6. The van der Waals surface area contributed by atoms with Crippen LogP contribution in [0.4, 0.5) is 0 Å². The molecule has 0 atom stereocenters. The first kappa shape index (κ1) is 29.1. The molecule has 38 heavy (non-hydrogen) atoms. The second-order valence-electron chi connectivity index (χ2n) is 9.03. The van der Waals surface area contributed by atoms with E-state index in [9.17, 15) is 18.0 Å². The summed E-state index contributed by atoms with van der Waals surface area (Å²) in [6.07, 6.45) is 0. The molecule has 0 fully saturated rings. The van der Waals surface area contributed by atoms with E-state index in [0.29, 0.717) is 48.0 Å². The Morgan fingerprint density at radius 3 is 2.34 bits per heavy atom. The predicted molar refractivity (Wildman–Crippen MR) is 144 cm³/mol. The van der Waals surface area contributed by atoms with Gasteiger partial charge in [-0.3, -0.25) is 19.9 Å². The van der Waals surface area contributed by atoms with E-state index >= 15 is 0 Å². The highest BCUT2D eigenvalue weighted by Crippen LogP contribution is 2.27. The van der Waals surface area contributed by atoms with Crippen molar-refractivity contribution in [3.05, 3.63) is 58.7 Å². The quantitative estimate of drug-likeness (QED) is 0.407. The third-order valence-electron chi connectivity index (χ3n) is 6.08. The zero-order chi connectivity index (χ0) is 27.9. The van der Waals surface area contributed by atoms with E-state index in [4.69, 9.17) is 9.47 Å². The largest absolute Gasteiger partial charge is 0.497 e. The lowest BCUT2D eigenvalue weighted by molar-refractivity contribution is -0.135. The molecule has 1 aliphatic heterocycles. The highest BCUT2D eigenvalue weighted by molar-refractivity contribution is 7.89. The summed E-state index contributed by atoms with van der Waals surface area (Å²) in [6, 6.07) is 10.3. The number of sulfonamides is 1.